The van der Waals surface area contributed by atoms with Crippen LogP contribution >= 0.6 is 0 Å². The summed E-state index contributed by atoms with van der Waals surface area (Å²) in [5.41, 5.74) is 0.0790. The Morgan fingerprint density at radius 1 is 1.06 bits per heavy atom. The van der Waals surface area contributed by atoms with Crippen molar-refractivity contribution < 1.29 is 23.8 Å². The quantitative estimate of drug-likeness (QED) is 0.618. The van der Waals surface area contributed by atoms with Crippen LogP contribution in [0, 0.1) is 0 Å². The Morgan fingerprint density at radius 3 is 2.39 bits per heavy atom. The summed E-state index contributed by atoms with van der Waals surface area (Å²) >= 11 is 0. The van der Waals surface area contributed by atoms with E-state index in [9.17, 15) is 14.1 Å². The Labute approximate surface area is 102 Å². The van der Waals surface area contributed by atoms with Crippen molar-refractivity contribution in [3.8, 4) is 5.75 Å². The van der Waals surface area contributed by atoms with E-state index in [0.717, 1.165) is 10.8 Å². The molecule has 4 nitrogen and oxygen atoms in total. The summed E-state index contributed by atoms with van der Waals surface area (Å²) in [6, 6.07) is 9.83. The van der Waals surface area contributed by atoms with Crippen LogP contribution in [0.15, 0.2) is 36.4 Å². The molecule has 2 aromatic carbocycles. The number of hydrogen-bond donors (Lipinski definition) is 0. The maximum atomic E-state index is 11.6. The van der Waals surface area contributed by atoms with Gasteiger partial charge in [-0.3, -0.25) is 4.79 Å². The van der Waals surface area contributed by atoms with Gasteiger partial charge in [-0.1, -0.05) is 18.2 Å². The predicted molar refractivity (Wildman–Crippen MR) is 62.0 cm³/mol. The van der Waals surface area contributed by atoms with Gasteiger partial charge in [0.2, 0.25) is 0 Å². The summed E-state index contributed by atoms with van der Waals surface area (Å²) in [6.07, 6.45) is 0. The topological polar surface area (TPSA) is 52.6 Å². The molecular weight excluding hydrogens is 239 g/mol. The number of carbonyl (C=O) groups is 2. The van der Waals surface area contributed by atoms with E-state index in [4.69, 9.17) is 4.74 Å². The van der Waals surface area contributed by atoms with E-state index in [1.807, 2.05) is 0 Å². The Hall–Kier alpha value is -2.43. The normalized spacial score (nSPS) is 10.1. The minimum Gasteiger partial charge on any atom is -0.497 e. The number of benzene rings is 2. The molecule has 18 heavy (non-hydrogen) atoms. The van der Waals surface area contributed by atoms with Crippen LogP contribution in [0.2, 0.25) is 0 Å². The number of ether oxygens (including phenoxy) is 1. The van der Waals surface area contributed by atoms with E-state index in [-0.39, 0.29) is 5.56 Å². The van der Waals surface area contributed by atoms with Crippen molar-refractivity contribution in [1.29, 1.82) is 0 Å². The summed E-state index contributed by atoms with van der Waals surface area (Å²) in [7, 11) is 1.55. The average Bonchev–Trinajstić information content (AvgIpc) is 2.44. The minimum absolute atomic E-state index is 0.0790. The molecule has 92 valence electrons. The lowest BCUT2D eigenvalue weighted by atomic mass is 10.0. The fraction of sp³-hybridized carbons (Fsp3) is 0.0769. The van der Waals surface area contributed by atoms with Crippen LogP contribution in [0.3, 0.4) is 0 Å². The van der Waals surface area contributed by atoms with Crippen LogP contribution < -0.4 is 4.74 Å². The van der Waals surface area contributed by atoms with E-state index < -0.39 is 11.8 Å². The first-order valence-electron chi connectivity index (χ1n) is 5.11. The third-order valence-corrected chi connectivity index (χ3v) is 2.57. The molecule has 2 aromatic rings. The SMILES string of the molecule is COc1ccc2cc(C(=O)C(=O)OF)ccc2c1. The summed E-state index contributed by atoms with van der Waals surface area (Å²) in [5.74, 6) is -1.86. The number of methoxy groups -OCH3 is 1. The molecule has 0 aliphatic heterocycles. The smallest absolute Gasteiger partial charge is 0.419 e. The van der Waals surface area contributed by atoms with E-state index >= 15 is 0 Å². The molecule has 0 saturated heterocycles. The van der Waals surface area contributed by atoms with Gasteiger partial charge in [0.25, 0.3) is 5.78 Å². The molecular formula is C13H9FO4. The largest absolute Gasteiger partial charge is 0.497 e. The molecule has 0 amide bonds. The van der Waals surface area contributed by atoms with Gasteiger partial charge in [-0.05, 0) is 29.0 Å². The van der Waals surface area contributed by atoms with Gasteiger partial charge in [0, 0.05) is 10.1 Å². The number of carbonyl (C=O) groups excluding carboxylic acids is 2. The van der Waals surface area contributed by atoms with Crippen molar-refractivity contribution in [2.45, 2.75) is 0 Å². The first-order chi connectivity index (χ1) is 8.65. The van der Waals surface area contributed by atoms with Gasteiger partial charge < -0.3 is 4.74 Å². The molecule has 0 saturated carbocycles. The lowest BCUT2D eigenvalue weighted by molar-refractivity contribution is -0.176. The van der Waals surface area contributed by atoms with Gasteiger partial charge in [0.1, 0.15) is 5.75 Å². The van der Waals surface area contributed by atoms with E-state index in [0.29, 0.717) is 5.75 Å². The maximum absolute atomic E-state index is 11.6. The highest BCUT2D eigenvalue weighted by Gasteiger charge is 2.18. The number of ketones is 1. The van der Waals surface area contributed by atoms with Crippen LogP contribution in [0.5, 0.6) is 5.75 Å². The van der Waals surface area contributed by atoms with Crippen LogP contribution in [0.25, 0.3) is 10.8 Å². The van der Waals surface area contributed by atoms with Crippen molar-refractivity contribution in [2.24, 2.45) is 0 Å². The number of rotatable bonds is 3. The van der Waals surface area contributed by atoms with Gasteiger partial charge in [-0.2, -0.15) is 0 Å². The summed E-state index contributed by atoms with van der Waals surface area (Å²) in [5, 5.41) is 1.59. The second-order valence-electron chi connectivity index (χ2n) is 3.62. The molecule has 0 heterocycles. The van der Waals surface area contributed by atoms with Gasteiger partial charge in [0.05, 0.1) is 7.11 Å². The van der Waals surface area contributed by atoms with E-state index in [1.54, 1.807) is 31.4 Å². The monoisotopic (exact) mass is 248 g/mol. The molecule has 5 heteroatoms. The lowest BCUT2D eigenvalue weighted by Gasteiger charge is -2.03. The molecule has 0 bridgehead atoms. The third-order valence-electron chi connectivity index (χ3n) is 2.57. The first kappa shape index (κ1) is 12.0. The average molecular weight is 248 g/mol. The Kier molecular flexibility index (Phi) is 3.23. The zero-order valence-corrected chi connectivity index (χ0v) is 9.48. The molecule has 0 aromatic heterocycles. The number of fused-ring (bicyclic) bond motifs is 1. The molecule has 0 aliphatic rings. The van der Waals surface area contributed by atoms with Crippen molar-refractivity contribution in [2.75, 3.05) is 7.11 Å². The third kappa shape index (κ3) is 2.15. The van der Waals surface area contributed by atoms with E-state index in [2.05, 4.69) is 4.94 Å². The molecule has 0 radical (unpaired) electrons. The van der Waals surface area contributed by atoms with Crippen LogP contribution in [0.4, 0.5) is 4.53 Å². The molecule has 0 unspecified atom stereocenters. The van der Waals surface area contributed by atoms with Gasteiger partial charge in [0.15, 0.2) is 0 Å². The highest BCUT2D eigenvalue weighted by molar-refractivity contribution is 6.40. The number of halogens is 1. The van der Waals surface area contributed by atoms with Crippen molar-refractivity contribution in [3.63, 3.8) is 0 Å². The van der Waals surface area contributed by atoms with Gasteiger partial charge in [-0.15, -0.1) is 0 Å². The Bertz CT molecular complexity index is 621. The molecule has 0 aliphatic carbocycles. The number of hydrogen-bond acceptors (Lipinski definition) is 4. The standard InChI is InChI=1S/C13H9FO4/c1-17-11-5-4-8-6-10(3-2-9(8)7-11)12(15)13(16)18-14/h2-7H,1H3. The highest BCUT2D eigenvalue weighted by atomic mass is 19.3. The van der Waals surface area contributed by atoms with Crippen LogP contribution in [0.1, 0.15) is 10.4 Å². The van der Waals surface area contributed by atoms with Gasteiger partial charge in [-0.25, -0.2) is 9.74 Å². The van der Waals surface area contributed by atoms with Crippen LogP contribution in [-0.2, 0) is 9.74 Å². The minimum atomic E-state index is -1.53. The molecule has 0 fully saturated rings. The zero-order valence-electron chi connectivity index (χ0n) is 9.48. The summed E-state index contributed by atoms with van der Waals surface area (Å²) < 4.78 is 16.7. The molecule has 0 N–H and O–H groups in total. The Morgan fingerprint density at radius 2 is 1.72 bits per heavy atom. The highest BCUT2D eigenvalue weighted by Crippen LogP contribution is 2.22. The van der Waals surface area contributed by atoms with Crippen molar-refractivity contribution >= 4 is 22.5 Å². The van der Waals surface area contributed by atoms with Crippen LogP contribution in [-0.4, -0.2) is 18.9 Å². The second-order valence-corrected chi connectivity index (χ2v) is 3.62. The fourth-order valence-electron chi connectivity index (χ4n) is 1.64. The Balaban J connectivity index is 2.45. The van der Waals surface area contributed by atoms with Gasteiger partial charge >= 0.3 is 5.97 Å². The molecule has 2 rings (SSSR count). The maximum Gasteiger partial charge on any atom is 0.419 e. The predicted octanol–water partition coefficient (Wildman–Crippen LogP) is 2.46. The lowest BCUT2D eigenvalue weighted by Crippen LogP contribution is -2.13. The van der Waals surface area contributed by atoms with Crippen molar-refractivity contribution in [3.05, 3.63) is 42.0 Å². The molecule has 0 atom stereocenters. The summed E-state index contributed by atoms with van der Waals surface area (Å²) in [4.78, 5) is 25.1. The fourth-order valence-corrected chi connectivity index (χ4v) is 1.64. The second kappa shape index (κ2) is 4.83. The number of Topliss-reactive ketones (excluding diaryl/α,β-unsaturated/α-hetero) is 1. The van der Waals surface area contributed by atoms with Crippen molar-refractivity contribution in [1.82, 2.24) is 0 Å². The molecule has 0 spiro atoms. The first-order valence-corrected chi connectivity index (χ1v) is 5.11. The zero-order chi connectivity index (χ0) is 13.1. The van der Waals surface area contributed by atoms with E-state index in [1.165, 1.54) is 12.1 Å². The summed E-state index contributed by atoms with van der Waals surface area (Å²) in [6.45, 7) is 0.